The predicted octanol–water partition coefficient (Wildman–Crippen LogP) is 3.27. The van der Waals surface area contributed by atoms with Crippen molar-refractivity contribution in [2.45, 2.75) is 20.8 Å². The second-order valence-corrected chi connectivity index (χ2v) is 7.84. The first-order valence-corrected chi connectivity index (χ1v) is 10.6. The van der Waals surface area contributed by atoms with Crippen molar-refractivity contribution in [3.63, 3.8) is 0 Å². The van der Waals surface area contributed by atoms with Crippen molar-refractivity contribution in [1.82, 2.24) is 15.2 Å². The van der Waals surface area contributed by atoms with Crippen LogP contribution in [0.2, 0.25) is 0 Å². The molecule has 162 valence electrons. The van der Waals surface area contributed by atoms with Crippen LogP contribution in [0.25, 0.3) is 6.08 Å². The van der Waals surface area contributed by atoms with E-state index in [2.05, 4.69) is 10.3 Å². The monoisotopic (exact) mass is 441 g/mol. The molecule has 1 fully saturated rings. The minimum atomic E-state index is -0.490. The molecule has 31 heavy (non-hydrogen) atoms. The summed E-state index contributed by atoms with van der Waals surface area (Å²) in [7, 11) is 0. The SMILES string of the molecule is CCOC(=O)c1c(C)[nH]c(C(=O)NCCN2C(=O)S/C(=C/c3ccccc3)C2=O)c1C. The first-order valence-electron chi connectivity index (χ1n) is 9.78. The number of aromatic nitrogens is 1. The Hall–Kier alpha value is -3.33. The van der Waals surface area contributed by atoms with Crippen LogP contribution in [0.4, 0.5) is 4.79 Å². The first-order chi connectivity index (χ1) is 14.8. The molecule has 0 aliphatic carbocycles. The van der Waals surface area contributed by atoms with Gasteiger partial charge in [0.25, 0.3) is 17.1 Å². The number of imide groups is 1. The molecular formula is C22H23N3O5S. The molecule has 0 radical (unpaired) electrons. The van der Waals surface area contributed by atoms with Crippen molar-refractivity contribution in [3.8, 4) is 0 Å². The van der Waals surface area contributed by atoms with Gasteiger partial charge in [0.05, 0.1) is 17.1 Å². The van der Waals surface area contributed by atoms with E-state index in [0.717, 1.165) is 22.2 Å². The number of ether oxygens (including phenoxy) is 1. The fourth-order valence-electron chi connectivity index (χ4n) is 3.25. The van der Waals surface area contributed by atoms with Gasteiger partial charge < -0.3 is 15.0 Å². The Labute approximate surface area is 184 Å². The van der Waals surface area contributed by atoms with Gasteiger partial charge in [-0.2, -0.15) is 0 Å². The maximum atomic E-state index is 12.6. The largest absolute Gasteiger partial charge is 0.462 e. The number of esters is 1. The van der Waals surface area contributed by atoms with E-state index in [0.29, 0.717) is 21.7 Å². The van der Waals surface area contributed by atoms with Gasteiger partial charge in [0.15, 0.2) is 0 Å². The number of nitrogens with one attached hydrogen (secondary N) is 2. The molecule has 3 amide bonds. The van der Waals surface area contributed by atoms with Crippen molar-refractivity contribution in [3.05, 3.63) is 63.3 Å². The molecule has 1 aliphatic rings. The highest BCUT2D eigenvalue weighted by Gasteiger charge is 2.34. The van der Waals surface area contributed by atoms with Crippen LogP contribution < -0.4 is 5.32 Å². The quantitative estimate of drug-likeness (QED) is 0.504. The summed E-state index contributed by atoms with van der Waals surface area (Å²) >= 11 is 0.876. The second-order valence-electron chi connectivity index (χ2n) is 6.85. The Kier molecular flexibility index (Phi) is 6.96. The van der Waals surface area contributed by atoms with Crippen LogP contribution in [0.5, 0.6) is 0 Å². The number of benzene rings is 1. The van der Waals surface area contributed by atoms with Crippen LogP contribution in [0.3, 0.4) is 0 Å². The van der Waals surface area contributed by atoms with Crippen molar-refractivity contribution >= 4 is 40.9 Å². The lowest BCUT2D eigenvalue weighted by Crippen LogP contribution is -2.37. The number of rotatable bonds is 7. The number of nitrogens with zero attached hydrogens (tertiary/aromatic N) is 1. The van der Waals surface area contributed by atoms with Crippen LogP contribution in [-0.4, -0.2) is 52.6 Å². The van der Waals surface area contributed by atoms with E-state index in [1.165, 1.54) is 0 Å². The number of aromatic amines is 1. The Morgan fingerprint density at radius 2 is 1.90 bits per heavy atom. The summed E-state index contributed by atoms with van der Waals surface area (Å²) in [6, 6.07) is 9.26. The van der Waals surface area contributed by atoms with E-state index >= 15 is 0 Å². The lowest BCUT2D eigenvalue weighted by atomic mass is 10.1. The number of amides is 3. The summed E-state index contributed by atoms with van der Waals surface area (Å²) in [5, 5.41) is 2.31. The fourth-order valence-corrected chi connectivity index (χ4v) is 4.11. The highest BCUT2D eigenvalue weighted by molar-refractivity contribution is 8.18. The lowest BCUT2D eigenvalue weighted by Gasteiger charge is -2.13. The van der Waals surface area contributed by atoms with Crippen LogP contribution in [0.15, 0.2) is 35.2 Å². The van der Waals surface area contributed by atoms with E-state index in [4.69, 9.17) is 4.74 Å². The molecule has 1 aromatic heterocycles. The number of hydrogen-bond acceptors (Lipinski definition) is 6. The summed E-state index contributed by atoms with van der Waals surface area (Å²) < 4.78 is 5.03. The van der Waals surface area contributed by atoms with Crippen molar-refractivity contribution in [2.24, 2.45) is 0 Å². The zero-order valence-electron chi connectivity index (χ0n) is 17.5. The third-order valence-electron chi connectivity index (χ3n) is 4.74. The summed E-state index contributed by atoms with van der Waals surface area (Å²) in [5.74, 6) is -1.30. The Morgan fingerprint density at radius 3 is 2.58 bits per heavy atom. The maximum absolute atomic E-state index is 12.6. The first kappa shape index (κ1) is 22.4. The van der Waals surface area contributed by atoms with Gasteiger partial charge in [0, 0.05) is 18.8 Å². The smallest absolute Gasteiger partial charge is 0.340 e. The van der Waals surface area contributed by atoms with Crippen molar-refractivity contribution in [2.75, 3.05) is 19.7 Å². The molecule has 2 heterocycles. The van der Waals surface area contributed by atoms with Gasteiger partial charge in [0.2, 0.25) is 0 Å². The molecule has 9 heteroatoms. The van der Waals surface area contributed by atoms with Crippen LogP contribution in [0.1, 0.15) is 44.6 Å². The van der Waals surface area contributed by atoms with E-state index in [-0.39, 0.29) is 36.5 Å². The van der Waals surface area contributed by atoms with Crippen LogP contribution in [0, 0.1) is 13.8 Å². The standard InChI is InChI=1S/C22H23N3O5S/c1-4-30-21(28)17-13(2)18(24-14(17)3)19(26)23-10-11-25-20(27)16(31-22(25)29)12-15-8-6-5-7-9-15/h5-9,12,24H,4,10-11H2,1-3H3,(H,23,26)/b16-12+. The Bertz CT molecular complexity index is 1060. The molecule has 0 saturated carbocycles. The Morgan fingerprint density at radius 1 is 1.19 bits per heavy atom. The molecule has 0 bridgehead atoms. The average Bonchev–Trinajstić information content (AvgIpc) is 3.18. The molecule has 0 spiro atoms. The highest BCUT2D eigenvalue weighted by atomic mass is 32.2. The molecule has 1 saturated heterocycles. The lowest BCUT2D eigenvalue weighted by molar-refractivity contribution is -0.122. The van der Waals surface area contributed by atoms with Gasteiger partial charge in [-0.25, -0.2) is 4.79 Å². The topological polar surface area (TPSA) is 109 Å². The highest BCUT2D eigenvalue weighted by Crippen LogP contribution is 2.31. The molecule has 1 aromatic carbocycles. The zero-order valence-corrected chi connectivity index (χ0v) is 18.3. The normalized spacial score (nSPS) is 14.9. The van der Waals surface area contributed by atoms with Crippen LogP contribution >= 0.6 is 11.8 Å². The summed E-state index contributed by atoms with van der Waals surface area (Å²) in [6.07, 6.45) is 1.67. The van der Waals surface area contributed by atoms with E-state index in [1.54, 1.807) is 26.8 Å². The van der Waals surface area contributed by atoms with Crippen molar-refractivity contribution < 1.29 is 23.9 Å². The van der Waals surface area contributed by atoms with Gasteiger partial charge >= 0.3 is 5.97 Å². The van der Waals surface area contributed by atoms with Gasteiger partial charge in [-0.05, 0) is 49.7 Å². The predicted molar refractivity (Wildman–Crippen MR) is 118 cm³/mol. The van der Waals surface area contributed by atoms with Gasteiger partial charge in [-0.3, -0.25) is 19.3 Å². The maximum Gasteiger partial charge on any atom is 0.340 e. The molecular weight excluding hydrogens is 418 g/mol. The third-order valence-corrected chi connectivity index (χ3v) is 5.64. The third kappa shape index (κ3) is 4.88. The second kappa shape index (κ2) is 9.65. The molecule has 1 aliphatic heterocycles. The minimum Gasteiger partial charge on any atom is -0.462 e. The summed E-state index contributed by atoms with van der Waals surface area (Å²) in [5.41, 5.74) is 2.45. The Balaban J connectivity index is 1.61. The number of hydrogen-bond donors (Lipinski definition) is 2. The molecule has 3 rings (SSSR count). The van der Waals surface area contributed by atoms with Gasteiger partial charge in [-0.15, -0.1) is 0 Å². The summed E-state index contributed by atoms with van der Waals surface area (Å²) in [4.78, 5) is 53.8. The number of carbonyl (C=O) groups is 4. The molecule has 2 aromatic rings. The fraction of sp³-hybridized carbons (Fsp3) is 0.273. The number of thioether (sulfide) groups is 1. The number of aryl methyl sites for hydroxylation is 1. The van der Waals surface area contributed by atoms with Crippen LogP contribution in [-0.2, 0) is 9.53 Å². The number of carbonyl (C=O) groups excluding carboxylic acids is 4. The molecule has 0 atom stereocenters. The molecule has 0 unspecified atom stereocenters. The minimum absolute atomic E-state index is 0.0476. The summed E-state index contributed by atoms with van der Waals surface area (Å²) in [6.45, 7) is 5.43. The van der Waals surface area contributed by atoms with E-state index in [1.807, 2.05) is 30.3 Å². The van der Waals surface area contributed by atoms with Crippen molar-refractivity contribution in [1.29, 1.82) is 0 Å². The zero-order chi connectivity index (χ0) is 22.5. The van der Waals surface area contributed by atoms with E-state index in [9.17, 15) is 19.2 Å². The van der Waals surface area contributed by atoms with Gasteiger partial charge in [-0.1, -0.05) is 30.3 Å². The molecule has 8 nitrogen and oxygen atoms in total. The van der Waals surface area contributed by atoms with Gasteiger partial charge in [0.1, 0.15) is 5.69 Å². The van der Waals surface area contributed by atoms with E-state index < -0.39 is 11.9 Å². The number of H-pyrrole nitrogens is 1. The average molecular weight is 442 g/mol. The molecule has 2 N–H and O–H groups in total.